The van der Waals surface area contributed by atoms with Gasteiger partial charge in [0.05, 0.1) is 5.30 Å². The quantitative estimate of drug-likeness (QED) is 0.882. The third kappa shape index (κ3) is 3.04. The van der Waals surface area contributed by atoms with Gasteiger partial charge in [-0.05, 0) is 35.2 Å². The molecule has 1 atom stereocenters. The smallest absolute Gasteiger partial charge is 0.264 e. The Hall–Kier alpha value is -1.57. The SMILES string of the molecule is COP(=O)(c1ccccc1)c1cc(C(C)(C)C)ccc1O. The largest absolute Gasteiger partial charge is 0.507 e. The normalized spacial score (nSPS) is 14.7. The third-order valence-corrected chi connectivity index (χ3v) is 6.00. The Morgan fingerprint density at radius 3 is 2.19 bits per heavy atom. The number of benzene rings is 2. The van der Waals surface area contributed by atoms with Crippen LogP contribution in [0.1, 0.15) is 26.3 Å². The van der Waals surface area contributed by atoms with E-state index in [1.54, 1.807) is 24.3 Å². The molecule has 2 aromatic carbocycles. The lowest BCUT2D eigenvalue weighted by molar-refractivity contribution is 0.409. The molecule has 21 heavy (non-hydrogen) atoms. The van der Waals surface area contributed by atoms with Crippen molar-refractivity contribution in [2.45, 2.75) is 26.2 Å². The lowest BCUT2D eigenvalue weighted by atomic mass is 9.87. The predicted octanol–water partition coefficient (Wildman–Crippen LogP) is 3.57. The maximum absolute atomic E-state index is 13.3. The molecule has 112 valence electrons. The first-order valence-electron chi connectivity index (χ1n) is 6.84. The average Bonchev–Trinajstić information content (AvgIpc) is 2.46. The molecule has 2 rings (SSSR count). The van der Waals surface area contributed by atoms with Crippen molar-refractivity contribution in [2.24, 2.45) is 0 Å². The number of rotatable bonds is 3. The molecule has 4 heteroatoms. The Balaban J connectivity index is 2.66. The summed E-state index contributed by atoms with van der Waals surface area (Å²) in [5.74, 6) is -0.00274. The summed E-state index contributed by atoms with van der Waals surface area (Å²) in [6, 6.07) is 14.2. The Morgan fingerprint density at radius 2 is 1.67 bits per heavy atom. The topological polar surface area (TPSA) is 46.5 Å². The monoisotopic (exact) mass is 304 g/mol. The van der Waals surface area contributed by atoms with Gasteiger partial charge in [-0.15, -0.1) is 0 Å². The van der Waals surface area contributed by atoms with Crippen molar-refractivity contribution in [3.63, 3.8) is 0 Å². The van der Waals surface area contributed by atoms with Gasteiger partial charge in [0.1, 0.15) is 5.75 Å². The van der Waals surface area contributed by atoms with E-state index in [9.17, 15) is 9.67 Å². The molecule has 0 spiro atoms. The van der Waals surface area contributed by atoms with Gasteiger partial charge in [0, 0.05) is 12.4 Å². The molecule has 1 unspecified atom stereocenters. The van der Waals surface area contributed by atoms with Crippen LogP contribution in [-0.2, 0) is 14.5 Å². The van der Waals surface area contributed by atoms with Crippen LogP contribution in [0.2, 0.25) is 0 Å². The molecule has 0 amide bonds. The first-order chi connectivity index (χ1) is 9.79. The molecule has 3 nitrogen and oxygen atoms in total. The summed E-state index contributed by atoms with van der Waals surface area (Å²) < 4.78 is 18.7. The number of hydrogen-bond donors (Lipinski definition) is 1. The minimum Gasteiger partial charge on any atom is -0.507 e. The van der Waals surface area contributed by atoms with Crippen LogP contribution in [0.4, 0.5) is 0 Å². The summed E-state index contributed by atoms with van der Waals surface area (Å²) in [5.41, 5.74) is 0.904. The highest BCUT2D eigenvalue weighted by Gasteiger charge is 2.31. The van der Waals surface area contributed by atoms with Gasteiger partial charge >= 0.3 is 0 Å². The zero-order chi connectivity index (χ0) is 15.7. The highest BCUT2D eigenvalue weighted by Crippen LogP contribution is 2.46. The molecule has 0 aliphatic carbocycles. The van der Waals surface area contributed by atoms with E-state index in [0.29, 0.717) is 10.6 Å². The Labute approximate surface area is 126 Å². The lowest BCUT2D eigenvalue weighted by Gasteiger charge is -2.23. The Morgan fingerprint density at radius 1 is 1.05 bits per heavy atom. The summed E-state index contributed by atoms with van der Waals surface area (Å²) in [6.07, 6.45) is 0. The number of hydrogen-bond acceptors (Lipinski definition) is 3. The summed E-state index contributed by atoms with van der Waals surface area (Å²) in [6.45, 7) is 6.22. The maximum atomic E-state index is 13.3. The van der Waals surface area contributed by atoms with Crippen LogP contribution in [0.5, 0.6) is 5.75 Å². The van der Waals surface area contributed by atoms with Gasteiger partial charge in [0.15, 0.2) is 0 Å². The van der Waals surface area contributed by atoms with Crippen molar-refractivity contribution in [1.29, 1.82) is 0 Å². The van der Waals surface area contributed by atoms with Crippen molar-refractivity contribution in [3.8, 4) is 5.75 Å². The first kappa shape index (κ1) is 15.8. The summed E-state index contributed by atoms with van der Waals surface area (Å²) in [5, 5.41) is 11.1. The van der Waals surface area contributed by atoms with E-state index in [0.717, 1.165) is 5.56 Å². The molecule has 0 bridgehead atoms. The van der Waals surface area contributed by atoms with Crippen LogP contribution in [0, 0.1) is 0 Å². The van der Waals surface area contributed by atoms with Crippen molar-refractivity contribution < 1.29 is 14.2 Å². The van der Waals surface area contributed by atoms with Gasteiger partial charge in [-0.3, -0.25) is 4.57 Å². The Kier molecular flexibility index (Phi) is 4.27. The van der Waals surface area contributed by atoms with Gasteiger partial charge < -0.3 is 9.63 Å². The molecule has 0 aliphatic heterocycles. The van der Waals surface area contributed by atoms with E-state index < -0.39 is 7.37 Å². The molecule has 0 aliphatic rings. The van der Waals surface area contributed by atoms with Crippen molar-refractivity contribution >= 4 is 18.0 Å². The molecule has 2 aromatic rings. The molecular weight excluding hydrogens is 283 g/mol. The minimum atomic E-state index is -3.29. The molecule has 1 N–H and O–H groups in total. The van der Waals surface area contributed by atoms with Crippen molar-refractivity contribution in [2.75, 3.05) is 7.11 Å². The predicted molar refractivity (Wildman–Crippen MR) is 87.1 cm³/mol. The zero-order valence-electron chi connectivity index (χ0n) is 12.8. The number of phenols is 1. The zero-order valence-corrected chi connectivity index (χ0v) is 13.7. The second kappa shape index (κ2) is 5.67. The van der Waals surface area contributed by atoms with Gasteiger partial charge in [0.2, 0.25) is 0 Å². The molecule has 0 radical (unpaired) electrons. The number of phenolic OH excluding ortho intramolecular Hbond substituents is 1. The Bertz CT molecular complexity index is 672. The molecule has 0 fully saturated rings. The fourth-order valence-corrected chi connectivity index (χ4v) is 4.13. The maximum Gasteiger partial charge on any atom is 0.264 e. The molecule has 0 saturated carbocycles. The van der Waals surface area contributed by atoms with E-state index in [1.807, 2.05) is 24.3 Å². The van der Waals surface area contributed by atoms with E-state index >= 15 is 0 Å². The summed E-state index contributed by atoms with van der Waals surface area (Å²) >= 11 is 0. The van der Waals surface area contributed by atoms with E-state index in [2.05, 4.69) is 20.8 Å². The van der Waals surface area contributed by atoms with Crippen LogP contribution in [0.15, 0.2) is 48.5 Å². The third-order valence-electron chi connectivity index (χ3n) is 3.51. The number of aromatic hydroxyl groups is 1. The second-order valence-electron chi connectivity index (χ2n) is 6.02. The van der Waals surface area contributed by atoms with Gasteiger partial charge in [0.25, 0.3) is 7.37 Å². The lowest BCUT2D eigenvalue weighted by Crippen LogP contribution is -2.20. The minimum absolute atomic E-state index is 0.00274. The fourth-order valence-electron chi connectivity index (χ4n) is 2.19. The highest BCUT2D eigenvalue weighted by atomic mass is 31.2. The summed E-state index contributed by atoms with van der Waals surface area (Å²) in [4.78, 5) is 0. The highest BCUT2D eigenvalue weighted by molar-refractivity contribution is 7.74. The van der Waals surface area contributed by atoms with Gasteiger partial charge in [-0.1, -0.05) is 45.0 Å². The van der Waals surface area contributed by atoms with Crippen LogP contribution >= 0.6 is 7.37 Å². The van der Waals surface area contributed by atoms with Crippen molar-refractivity contribution in [3.05, 3.63) is 54.1 Å². The molecule has 0 aromatic heterocycles. The van der Waals surface area contributed by atoms with Crippen LogP contribution in [-0.4, -0.2) is 12.2 Å². The van der Waals surface area contributed by atoms with E-state index in [4.69, 9.17) is 4.52 Å². The van der Waals surface area contributed by atoms with Crippen LogP contribution in [0.3, 0.4) is 0 Å². The van der Waals surface area contributed by atoms with Crippen LogP contribution < -0.4 is 10.6 Å². The molecular formula is C17H21O3P. The van der Waals surface area contributed by atoms with Gasteiger partial charge in [-0.25, -0.2) is 0 Å². The van der Waals surface area contributed by atoms with E-state index in [-0.39, 0.29) is 11.2 Å². The second-order valence-corrected chi connectivity index (χ2v) is 8.49. The van der Waals surface area contributed by atoms with Crippen LogP contribution in [0.25, 0.3) is 0 Å². The molecule has 0 saturated heterocycles. The standard InChI is InChI=1S/C17H21O3P/c1-17(2,3)13-10-11-15(18)16(12-13)21(19,20-4)14-8-6-5-7-9-14/h5-12,18H,1-4H3. The average molecular weight is 304 g/mol. The molecule has 0 heterocycles. The van der Waals surface area contributed by atoms with E-state index in [1.165, 1.54) is 7.11 Å². The summed E-state index contributed by atoms with van der Waals surface area (Å²) in [7, 11) is -1.88. The fraction of sp³-hybridized carbons (Fsp3) is 0.294. The first-order valence-corrected chi connectivity index (χ1v) is 8.47. The van der Waals surface area contributed by atoms with Gasteiger partial charge in [-0.2, -0.15) is 0 Å². The van der Waals surface area contributed by atoms with Crippen molar-refractivity contribution in [1.82, 2.24) is 0 Å².